The third-order valence-electron chi connectivity index (χ3n) is 15.5. The summed E-state index contributed by atoms with van der Waals surface area (Å²) in [5.74, 6) is -5.88. The minimum Gasteiger partial charge on any atom is -0.481 e. The molecular weight excluding hydrogens is 1340 g/mol. The summed E-state index contributed by atoms with van der Waals surface area (Å²) in [6.07, 6.45) is -9.25. The lowest BCUT2D eigenvalue weighted by atomic mass is 9.89. The van der Waals surface area contributed by atoms with E-state index < -0.39 is 165 Å². The number of nitrogens with two attached hydrogens (primary N) is 2. The second kappa shape index (κ2) is 30.5. The standard InChI is InChI=1S/C53H69FN16O21P2S2/c1-25(2)35(64-32(72)11-13-57-33(73)16-26(3)48(76)77)30(71)17-28(6-5-12-58-49(56)78)44(74)63-29-9-7-27(8-10-29)18-84-52(80)68(4)14-15-83-51(79)67-50-65-43-37(45(75)66-50)62-24-70(43)46-38-34(54)31(88-46)19-86-92(81,94)91-40-39-47(69-23-61-36-41(55)59-22-60-42(36)69)89-53(40,20-85-39)21-87-93(82,95)90-38/h7-10,22-26,28,31,34-35,38-40,46-47H,5-6,11-21H2,1-4H3,(H,57,73)(H,63,74)(H,64,72)(H,76,77)(H,81,94)(H,82,95)(H2,55,59,60)(H3,56,58,78)(H2,65,66,67,75,79)/t26?,28-,31-,34-,35+,38-,39-,40+,46-,47-,53-,92?,93?/m1/s1. The van der Waals surface area contributed by atoms with E-state index in [9.17, 15) is 52.9 Å². The average molecular weight is 1410 g/mol. The molecule has 1 aromatic carbocycles. The second-order valence-electron chi connectivity index (χ2n) is 22.8. The van der Waals surface area contributed by atoms with Gasteiger partial charge >= 0.3 is 37.6 Å². The van der Waals surface area contributed by atoms with Crippen molar-refractivity contribution in [2.75, 3.05) is 69.5 Å². The number of benzene rings is 1. The number of urea groups is 1. The topological polar surface area (TPSA) is 503 Å². The minimum absolute atomic E-state index is 0.0873. The maximum atomic E-state index is 16.6. The number of hydrogen-bond acceptors (Lipinski definition) is 26. The number of carboxylic acid groups (broad SMARTS) is 1. The van der Waals surface area contributed by atoms with Crippen molar-refractivity contribution in [1.82, 2.24) is 59.9 Å². The molecule has 0 spiro atoms. The van der Waals surface area contributed by atoms with E-state index in [1.54, 1.807) is 26.0 Å². The summed E-state index contributed by atoms with van der Waals surface area (Å²) in [6.45, 7) is -6.48. The first kappa shape index (κ1) is 71.4. The van der Waals surface area contributed by atoms with Crippen LogP contribution in [0.25, 0.3) is 22.3 Å². The van der Waals surface area contributed by atoms with Crippen LogP contribution >= 0.6 is 13.4 Å². The van der Waals surface area contributed by atoms with Gasteiger partial charge in [-0.3, -0.25) is 57.2 Å². The molecule has 516 valence electrons. The number of imidazole rings is 2. The lowest BCUT2D eigenvalue weighted by Gasteiger charge is -2.33. The molecule has 0 aliphatic carbocycles. The van der Waals surface area contributed by atoms with Crippen LogP contribution in [-0.2, 0) is 96.0 Å². The Morgan fingerprint density at radius 2 is 1.60 bits per heavy atom. The summed E-state index contributed by atoms with van der Waals surface area (Å²) in [7, 11) is 1.37. The summed E-state index contributed by atoms with van der Waals surface area (Å²) in [5.41, 5.74) is 9.41. The van der Waals surface area contributed by atoms with Crippen LogP contribution in [-0.4, -0.2) is 202 Å². The molecule has 7 amide bonds. The summed E-state index contributed by atoms with van der Waals surface area (Å²) in [5, 5.41) is 21.7. The average Bonchev–Trinajstić information content (AvgIpc) is 1.56. The Labute approximate surface area is 548 Å². The van der Waals surface area contributed by atoms with Gasteiger partial charge in [0.15, 0.2) is 47.0 Å². The molecule has 8 heterocycles. The van der Waals surface area contributed by atoms with E-state index in [2.05, 4.69) is 56.5 Å². The Kier molecular flexibility index (Phi) is 22.9. The van der Waals surface area contributed by atoms with Crippen molar-refractivity contribution < 1.29 is 99.4 Å². The molecule has 42 heteroatoms. The summed E-state index contributed by atoms with van der Waals surface area (Å²) < 4.78 is 71.7. The zero-order chi connectivity index (χ0) is 68.7. The van der Waals surface area contributed by atoms with Gasteiger partial charge in [-0.05, 0) is 60.1 Å². The number of aromatic amines is 1. The lowest BCUT2D eigenvalue weighted by Crippen LogP contribution is -2.46. The van der Waals surface area contributed by atoms with Crippen LogP contribution < -0.4 is 43.6 Å². The number of rotatable bonds is 25. The fourth-order valence-electron chi connectivity index (χ4n) is 10.5. The Bertz CT molecular complexity index is 3870. The second-order valence-corrected chi connectivity index (χ2v) is 28.4. The van der Waals surface area contributed by atoms with Gasteiger partial charge in [-0.25, -0.2) is 38.7 Å². The highest BCUT2D eigenvalue weighted by atomic mass is 32.5. The number of nitrogen functional groups attached to an aromatic ring is 1. The first-order chi connectivity index (χ1) is 45.0. The molecule has 4 fully saturated rings. The number of nitrogens with one attached hydrogen (secondary N) is 6. The van der Waals surface area contributed by atoms with Crippen molar-refractivity contribution >= 4 is 125 Å². The van der Waals surface area contributed by atoms with Gasteiger partial charge in [0, 0.05) is 51.0 Å². The van der Waals surface area contributed by atoms with Crippen LogP contribution in [0.15, 0.2) is 48.0 Å². The molecule has 3 unspecified atom stereocenters. The number of likely N-dealkylation sites (N-methyl/N-ethyl adjacent to an activating group) is 1. The molecule has 37 nitrogen and oxygen atoms in total. The van der Waals surface area contributed by atoms with Gasteiger partial charge in [-0.15, -0.1) is 0 Å². The maximum Gasteiger partial charge on any atom is 0.414 e. The third-order valence-corrected chi connectivity index (χ3v) is 18.6. The van der Waals surface area contributed by atoms with Gasteiger partial charge in [-0.2, -0.15) is 4.98 Å². The number of H-pyrrole nitrogens is 1. The zero-order valence-electron chi connectivity index (χ0n) is 51.1. The predicted molar refractivity (Wildman–Crippen MR) is 333 cm³/mol. The van der Waals surface area contributed by atoms with Crippen LogP contribution in [0.3, 0.4) is 0 Å². The highest BCUT2D eigenvalue weighted by Crippen LogP contribution is 2.58. The number of aliphatic carboxylic acids is 1. The van der Waals surface area contributed by atoms with Gasteiger partial charge < -0.3 is 85.3 Å². The molecule has 4 aromatic heterocycles. The number of ether oxygens (including phenoxy) is 5. The van der Waals surface area contributed by atoms with Crippen molar-refractivity contribution in [2.24, 2.45) is 23.5 Å². The number of amides is 7. The molecule has 13 atom stereocenters. The number of hydrogen-bond donors (Lipinski definition) is 11. The van der Waals surface area contributed by atoms with Gasteiger partial charge in [0.25, 0.3) is 5.56 Å². The van der Waals surface area contributed by atoms with E-state index in [0.717, 1.165) is 15.8 Å². The summed E-state index contributed by atoms with van der Waals surface area (Å²) in [4.78, 5) is 161. The maximum absolute atomic E-state index is 16.6. The van der Waals surface area contributed by atoms with Crippen molar-refractivity contribution in [3.8, 4) is 0 Å². The number of anilines is 3. The van der Waals surface area contributed by atoms with Crippen molar-refractivity contribution in [2.45, 2.75) is 114 Å². The Morgan fingerprint density at radius 1 is 0.884 bits per heavy atom. The Balaban J connectivity index is 0.758. The van der Waals surface area contributed by atoms with E-state index in [1.165, 1.54) is 43.3 Å². The Hall–Kier alpha value is -7.85. The molecule has 5 aromatic rings. The monoisotopic (exact) mass is 1410 g/mol. The highest BCUT2D eigenvalue weighted by molar-refractivity contribution is 8.07. The van der Waals surface area contributed by atoms with Crippen LogP contribution in [0.4, 0.5) is 36.2 Å². The zero-order valence-corrected chi connectivity index (χ0v) is 54.5. The van der Waals surface area contributed by atoms with E-state index >= 15 is 4.39 Å². The highest BCUT2D eigenvalue weighted by Gasteiger charge is 2.65. The number of nitrogens with zero attached hydrogens (tertiary/aromatic N) is 8. The molecule has 4 bridgehead atoms. The minimum atomic E-state index is -4.52. The first-order valence-corrected chi connectivity index (χ1v) is 34.6. The van der Waals surface area contributed by atoms with E-state index in [0.29, 0.717) is 11.3 Å². The number of Topliss-reactive ketones (excluding diaryl/α,β-unsaturated/α-hetero) is 1. The molecule has 9 rings (SSSR count). The van der Waals surface area contributed by atoms with Gasteiger partial charge in [0.1, 0.15) is 55.1 Å². The fourth-order valence-corrected chi connectivity index (χ4v) is 13.4. The number of primary amides is 1. The Morgan fingerprint density at radius 3 is 2.32 bits per heavy atom. The number of ketones is 1. The van der Waals surface area contributed by atoms with Crippen LogP contribution in [0, 0.1) is 17.8 Å². The lowest BCUT2D eigenvalue weighted by molar-refractivity contribution is -0.183. The molecule has 0 saturated carbocycles. The van der Waals surface area contributed by atoms with Gasteiger partial charge in [0.2, 0.25) is 23.7 Å². The number of alkyl halides is 1. The third kappa shape index (κ3) is 17.6. The number of carbonyl (C=O) groups is 8. The SMILES string of the molecule is CC(CC(=O)NCCC(=O)N[C@H](C(=O)C[C@@H](CCCNC(N)=O)C(=O)Nc1ccc(COC(=O)N(C)CCOC(=O)Nc2nc3c(ncn3[C@@H]3O[C@@H]4COP(O)(=S)O[C@H]5[C@H]6OC[C@]5(COP(O)(=S)O[C@@H]3[C@@H]4F)O[C@H]6n3cnc4c(N)ncnc43)c(=O)[nH]2)cc1)C(C)C)C(=O)O. The smallest absolute Gasteiger partial charge is 0.414 e. The first-order valence-electron chi connectivity index (χ1n) is 29.4. The number of aromatic nitrogens is 8. The molecule has 4 saturated heterocycles. The van der Waals surface area contributed by atoms with Crippen LogP contribution in [0.1, 0.15) is 70.9 Å². The van der Waals surface area contributed by atoms with Crippen LogP contribution in [0.2, 0.25) is 0 Å². The summed E-state index contributed by atoms with van der Waals surface area (Å²) in [6, 6.07) is 4.43. The number of halogens is 1. The summed E-state index contributed by atoms with van der Waals surface area (Å²) >= 11 is 10.8. The molecular formula is C53H69FN16O21P2S2. The predicted octanol–water partition coefficient (Wildman–Crippen LogP) is 1.23. The van der Waals surface area contributed by atoms with Crippen molar-refractivity contribution in [3.63, 3.8) is 0 Å². The van der Waals surface area contributed by atoms with Crippen molar-refractivity contribution in [3.05, 3.63) is 59.2 Å². The normalized spacial score (nSPS) is 25.8. The van der Waals surface area contributed by atoms with E-state index in [1.807, 2.05) is 0 Å². The quantitative estimate of drug-likeness (QED) is 0.0289. The van der Waals surface area contributed by atoms with Gasteiger partial charge in [-0.1, -0.05) is 32.9 Å². The number of fused-ring (bicyclic) bond motifs is 4. The van der Waals surface area contributed by atoms with Crippen molar-refractivity contribution in [1.29, 1.82) is 0 Å². The van der Waals surface area contributed by atoms with Gasteiger partial charge in [0.05, 0.1) is 51.0 Å². The molecule has 4 aliphatic rings. The molecule has 4 aliphatic heterocycles. The molecule has 0 radical (unpaired) electrons. The largest absolute Gasteiger partial charge is 0.481 e. The number of carboxylic acids is 1. The molecule has 13 N–H and O–H groups in total. The molecule has 95 heavy (non-hydrogen) atoms. The van der Waals surface area contributed by atoms with E-state index in [-0.39, 0.29) is 93.1 Å². The van der Waals surface area contributed by atoms with E-state index in [4.69, 9.17) is 82.0 Å². The van der Waals surface area contributed by atoms with Crippen LogP contribution in [0.5, 0.6) is 0 Å². The number of carbonyl (C=O) groups excluding carboxylic acids is 7. The fraction of sp³-hybridized carbons (Fsp3) is 0.547.